The standard InChI is InChI=1S/C19H22ClN3O4/c1-12-10-15(13(2)27-12)18(24)22-6-8-23(9-7-22)19(25)21-17-5-4-14(26-3)11-16(17)20/h4-5,10-11H,6-9H2,1-3H3,(H,21,25). The van der Waals surface area contributed by atoms with Crippen LogP contribution >= 0.6 is 11.6 Å². The fourth-order valence-electron chi connectivity index (χ4n) is 3.04. The lowest BCUT2D eigenvalue weighted by Crippen LogP contribution is -2.51. The number of hydrogen-bond donors (Lipinski definition) is 1. The van der Waals surface area contributed by atoms with E-state index in [0.29, 0.717) is 59.7 Å². The van der Waals surface area contributed by atoms with Crippen molar-refractivity contribution in [2.45, 2.75) is 13.8 Å². The molecule has 0 unspecified atom stereocenters. The van der Waals surface area contributed by atoms with Crippen LogP contribution in [0, 0.1) is 13.8 Å². The molecule has 1 aromatic carbocycles. The Morgan fingerprint density at radius 2 is 1.78 bits per heavy atom. The molecule has 0 atom stereocenters. The molecule has 3 rings (SSSR count). The zero-order valence-electron chi connectivity index (χ0n) is 15.5. The number of urea groups is 1. The molecule has 1 aliphatic heterocycles. The Balaban J connectivity index is 1.58. The predicted octanol–water partition coefficient (Wildman–Crippen LogP) is 3.55. The van der Waals surface area contributed by atoms with Crippen molar-refractivity contribution in [3.8, 4) is 5.75 Å². The van der Waals surface area contributed by atoms with Gasteiger partial charge in [0.15, 0.2) is 0 Å². The molecule has 1 fully saturated rings. The first kappa shape index (κ1) is 19.1. The summed E-state index contributed by atoms with van der Waals surface area (Å²) < 4.78 is 10.5. The molecule has 144 valence electrons. The van der Waals surface area contributed by atoms with Crippen molar-refractivity contribution in [2.75, 3.05) is 38.6 Å². The molecule has 0 bridgehead atoms. The molecule has 0 spiro atoms. The van der Waals surface area contributed by atoms with Gasteiger partial charge in [0, 0.05) is 32.2 Å². The molecular formula is C19H22ClN3O4. The summed E-state index contributed by atoms with van der Waals surface area (Å²) in [5, 5.41) is 3.21. The number of hydrogen-bond acceptors (Lipinski definition) is 4. The number of nitrogens with one attached hydrogen (secondary N) is 1. The lowest BCUT2D eigenvalue weighted by atomic mass is 10.2. The van der Waals surface area contributed by atoms with Crippen molar-refractivity contribution in [2.24, 2.45) is 0 Å². The van der Waals surface area contributed by atoms with Crippen LogP contribution in [-0.4, -0.2) is 55.0 Å². The molecule has 7 nitrogen and oxygen atoms in total. The van der Waals surface area contributed by atoms with Gasteiger partial charge in [0.25, 0.3) is 5.91 Å². The molecule has 27 heavy (non-hydrogen) atoms. The molecule has 0 saturated carbocycles. The van der Waals surface area contributed by atoms with Crippen molar-refractivity contribution >= 4 is 29.2 Å². The molecule has 1 aromatic heterocycles. The number of rotatable bonds is 3. The fourth-order valence-corrected chi connectivity index (χ4v) is 3.26. The number of ether oxygens (including phenoxy) is 1. The molecule has 3 amide bonds. The van der Waals surface area contributed by atoms with Gasteiger partial charge in [-0.3, -0.25) is 4.79 Å². The van der Waals surface area contributed by atoms with Crippen LogP contribution in [0.15, 0.2) is 28.7 Å². The van der Waals surface area contributed by atoms with Crippen molar-refractivity contribution in [3.63, 3.8) is 0 Å². The minimum Gasteiger partial charge on any atom is -0.497 e. The third kappa shape index (κ3) is 4.19. The number of aryl methyl sites for hydroxylation is 2. The van der Waals surface area contributed by atoms with Crippen LogP contribution in [0.2, 0.25) is 5.02 Å². The van der Waals surface area contributed by atoms with E-state index in [1.165, 1.54) is 0 Å². The summed E-state index contributed by atoms with van der Waals surface area (Å²) in [5.74, 6) is 1.88. The third-order valence-electron chi connectivity index (χ3n) is 4.54. The van der Waals surface area contributed by atoms with Crippen LogP contribution in [0.3, 0.4) is 0 Å². The number of furan rings is 1. The fraction of sp³-hybridized carbons (Fsp3) is 0.368. The maximum Gasteiger partial charge on any atom is 0.322 e. The largest absolute Gasteiger partial charge is 0.497 e. The first-order chi connectivity index (χ1) is 12.9. The summed E-state index contributed by atoms with van der Waals surface area (Å²) in [6.07, 6.45) is 0. The van der Waals surface area contributed by atoms with Crippen LogP contribution < -0.4 is 10.1 Å². The summed E-state index contributed by atoms with van der Waals surface area (Å²) in [5.41, 5.74) is 1.10. The molecule has 0 radical (unpaired) electrons. The van der Waals surface area contributed by atoms with Gasteiger partial charge in [0.2, 0.25) is 0 Å². The van der Waals surface area contributed by atoms with Crippen molar-refractivity contribution in [1.29, 1.82) is 0 Å². The maximum absolute atomic E-state index is 12.6. The number of benzene rings is 1. The van der Waals surface area contributed by atoms with E-state index in [2.05, 4.69) is 5.32 Å². The van der Waals surface area contributed by atoms with Crippen LogP contribution in [0.1, 0.15) is 21.9 Å². The van der Waals surface area contributed by atoms with Gasteiger partial charge in [0.05, 0.1) is 23.4 Å². The summed E-state index contributed by atoms with van der Waals surface area (Å²) >= 11 is 6.17. The first-order valence-electron chi connectivity index (χ1n) is 8.65. The SMILES string of the molecule is COc1ccc(NC(=O)N2CCN(C(=O)c3cc(C)oc3C)CC2)c(Cl)c1. The van der Waals surface area contributed by atoms with E-state index in [1.54, 1.807) is 48.1 Å². The van der Waals surface area contributed by atoms with Crippen molar-refractivity contribution in [1.82, 2.24) is 9.80 Å². The van der Waals surface area contributed by atoms with Gasteiger partial charge in [-0.1, -0.05) is 11.6 Å². The number of anilines is 1. The van der Waals surface area contributed by atoms with Gasteiger partial charge < -0.3 is 24.3 Å². The topological polar surface area (TPSA) is 75.0 Å². The Bertz CT molecular complexity index is 857. The van der Waals surface area contributed by atoms with E-state index < -0.39 is 0 Å². The van der Waals surface area contributed by atoms with Gasteiger partial charge >= 0.3 is 6.03 Å². The third-order valence-corrected chi connectivity index (χ3v) is 4.86. The molecule has 2 aromatic rings. The van der Waals surface area contributed by atoms with E-state index in [9.17, 15) is 9.59 Å². The number of carbonyl (C=O) groups excluding carboxylic acids is 2. The summed E-state index contributed by atoms with van der Waals surface area (Å²) in [6, 6.07) is 6.58. The number of methoxy groups -OCH3 is 1. The van der Waals surface area contributed by atoms with Crippen molar-refractivity contribution in [3.05, 3.63) is 46.4 Å². The zero-order chi connectivity index (χ0) is 19.6. The van der Waals surface area contributed by atoms with Gasteiger partial charge in [0.1, 0.15) is 17.3 Å². The molecule has 1 saturated heterocycles. The van der Waals surface area contributed by atoms with Crippen LogP contribution in [0.4, 0.5) is 10.5 Å². The highest BCUT2D eigenvalue weighted by molar-refractivity contribution is 6.33. The number of piperazine rings is 1. The second-order valence-corrected chi connectivity index (χ2v) is 6.79. The minimum absolute atomic E-state index is 0.0670. The van der Waals surface area contributed by atoms with Crippen LogP contribution in [0.25, 0.3) is 0 Å². The quantitative estimate of drug-likeness (QED) is 0.868. The van der Waals surface area contributed by atoms with E-state index in [0.717, 1.165) is 0 Å². The highest BCUT2D eigenvalue weighted by atomic mass is 35.5. The number of carbonyl (C=O) groups is 2. The normalized spacial score (nSPS) is 14.2. The Kier molecular flexibility index (Phi) is 5.60. The van der Waals surface area contributed by atoms with E-state index in [-0.39, 0.29) is 11.9 Å². The maximum atomic E-state index is 12.6. The molecule has 2 heterocycles. The molecule has 8 heteroatoms. The average molecular weight is 392 g/mol. The molecule has 1 N–H and O–H groups in total. The number of nitrogens with zero attached hydrogens (tertiary/aromatic N) is 2. The lowest BCUT2D eigenvalue weighted by molar-refractivity contribution is 0.0670. The Hall–Kier alpha value is -2.67. The lowest BCUT2D eigenvalue weighted by Gasteiger charge is -2.34. The summed E-state index contributed by atoms with van der Waals surface area (Å²) in [7, 11) is 1.55. The number of amides is 3. The van der Waals surface area contributed by atoms with Gasteiger partial charge in [-0.05, 0) is 32.0 Å². The summed E-state index contributed by atoms with van der Waals surface area (Å²) in [6.45, 7) is 5.42. The monoisotopic (exact) mass is 391 g/mol. The van der Waals surface area contributed by atoms with Crippen molar-refractivity contribution < 1.29 is 18.7 Å². The van der Waals surface area contributed by atoms with E-state index in [1.807, 2.05) is 6.92 Å². The Morgan fingerprint density at radius 1 is 1.11 bits per heavy atom. The second kappa shape index (κ2) is 7.92. The van der Waals surface area contributed by atoms with Gasteiger partial charge in [-0.15, -0.1) is 0 Å². The average Bonchev–Trinajstić information content (AvgIpc) is 3.01. The molecular weight excluding hydrogens is 370 g/mol. The van der Waals surface area contributed by atoms with Gasteiger partial charge in [-0.2, -0.15) is 0 Å². The summed E-state index contributed by atoms with van der Waals surface area (Å²) in [4.78, 5) is 28.5. The Labute approximate surface area is 162 Å². The molecule has 1 aliphatic rings. The van der Waals surface area contributed by atoms with E-state index >= 15 is 0 Å². The highest BCUT2D eigenvalue weighted by Crippen LogP contribution is 2.27. The van der Waals surface area contributed by atoms with Crippen LogP contribution in [0.5, 0.6) is 5.75 Å². The van der Waals surface area contributed by atoms with E-state index in [4.69, 9.17) is 20.8 Å². The smallest absolute Gasteiger partial charge is 0.322 e. The minimum atomic E-state index is -0.246. The first-order valence-corrected chi connectivity index (χ1v) is 9.02. The predicted molar refractivity (Wildman–Crippen MR) is 103 cm³/mol. The zero-order valence-corrected chi connectivity index (χ0v) is 16.3. The van der Waals surface area contributed by atoms with Gasteiger partial charge in [-0.25, -0.2) is 4.79 Å². The highest BCUT2D eigenvalue weighted by Gasteiger charge is 2.27. The Morgan fingerprint density at radius 3 is 2.33 bits per heavy atom. The number of halogens is 1. The molecule has 0 aliphatic carbocycles. The van der Waals surface area contributed by atoms with Crippen LogP contribution in [-0.2, 0) is 0 Å². The second-order valence-electron chi connectivity index (χ2n) is 6.38.